The van der Waals surface area contributed by atoms with Crippen LogP contribution in [0.4, 0.5) is 0 Å². The Hall–Kier alpha value is -1.59. The molecule has 0 aliphatic rings. The van der Waals surface area contributed by atoms with Crippen molar-refractivity contribution in [1.29, 1.82) is 0 Å². The van der Waals surface area contributed by atoms with Crippen molar-refractivity contribution < 1.29 is 9.37 Å². The highest BCUT2D eigenvalue weighted by molar-refractivity contribution is 6.30. The van der Waals surface area contributed by atoms with E-state index in [4.69, 9.17) is 22.1 Å². The molecule has 1 atom stereocenters. The van der Waals surface area contributed by atoms with Gasteiger partial charge in [-0.1, -0.05) is 21.9 Å². The number of halogens is 1. The van der Waals surface area contributed by atoms with Crippen molar-refractivity contribution in [3.05, 3.63) is 40.2 Å². The van der Waals surface area contributed by atoms with Gasteiger partial charge in [-0.05, 0) is 32.0 Å². The van der Waals surface area contributed by atoms with Gasteiger partial charge in [-0.3, -0.25) is 0 Å². The largest absolute Gasteiger partial charge is 0.487 e. The summed E-state index contributed by atoms with van der Waals surface area (Å²) in [4.78, 5) is 0. The number of aromatic nitrogens is 2. The molecule has 0 saturated heterocycles. The molecule has 0 unspecified atom stereocenters. The van der Waals surface area contributed by atoms with Crippen LogP contribution in [0.25, 0.3) is 0 Å². The summed E-state index contributed by atoms with van der Waals surface area (Å²) in [5, 5.41) is 8.08. The lowest BCUT2D eigenvalue weighted by atomic mass is 10.1. The summed E-state index contributed by atoms with van der Waals surface area (Å²) in [7, 11) is 0. The van der Waals surface area contributed by atoms with E-state index in [1.54, 1.807) is 18.2 Å². The minimum Gasteiger partial charge on any atom is -0.487 e. The van der Waals surface area contributed by atoms with E-state index in [2.05, 4.69) is 14.9 Å². The van der Waals surface area contributed by atoms with E-state index in [1.165, 1.54) is 0 Å². The maximum atomic E-state index is 5.94. The first kappa shape index (κ1) is 12.9. The van der Waals surface area contributed by atoms with Crippen LogP contribution in [-0.4, -0.2) is 10.3 Å². The molecule has 0 amide bonds. The first-order valence-electron chi connectivity index (χ1n) is 5.54. The van der Waals surface area contributed by atoms with Gasteiger partial charge in [0.2, 0.25) is 0 Å². The van der Waals surface area contributed by atoms with Gasteiger partial charge in [0, 0.05) is 16.6 Å². The number of ether oxygens (including phenoxy) is 1. The smallest absolute Gasteiger partial charge is 0.145 e. The highest BCUT2D eigenvalue weighted by Crippen LogP contribution is 2.27. The number of aryl methyl sites for hydroxylation is 1. The zero-order chi connectivity index (χ0) is 13.1. The van der Waals surface area contributed by atoms with Gasteiger partial charge in [0.1, 0.15) is 23.7 Å². The second kappa shape index (κ2) is 5.37. The molecule has 1 heterocycles. The number of hydrogen-bond acceptors (Lipinski definition) is 5. The molecule has 0 fully saturated rings. The van der Waals surface area contributed by atoms with Gasteiger partial charge in [0.05, 0.1) is 0 Å². The van der Waals surface area contributed by atoms with Crippen molar-refractivity contribution in [3.8, 4) is 5.75 Å². The number of nitrogens with two attached hydrogens (primary N) is 1. The molecule has 0 bridgehead atoms. The Bertz CT molecular complexity index is 540. The highest BCUT2D eigenvalue weighted by atomic mass is 35.5. The summed E-state index contributed by atoms with van der Waals surface area (Å²) >= 11 is 5.94. The molecule has 0 spiro atoms. The van der Waals surface area contributed by atoms with E-state index in [9.17, 15) is 0 Å². The molecule has 2 N–H and O–H groups in total. The Morgan fingerprint density at radius 1 is 1.44 bits per heavy atom. The molecular formula is C12H14ClN3O2. The molecular weight excluding hydrogens is 254 g/mol. The summed E-state index contributed by atoms with van der Waals surface area (Å²) in [6.45, 7) is 3.97. The lowest BCUT2D eigenvalue weighted by Gasteiger charge is -2.13. The molecule has 2 aromatic rings. The number of nitrogens with zero attached hydrogens (tertiary/aromatic N) is 2. The summed E-state index contributed by atoms with van der Waals surface area (Å²) in [5.41, 5.74) is 8.12. The van der Waals surface area contributed by atoms with Crippen molar-refractivity contribution in [3.63, 3.8) is 0 Å². The van der Waals surface area contributed by atoms with E-state index >= 15 is 0 Å². The van der Waals surface area contributed by atoms with E-state index in [0.29, 0.717) is 22.2 Å². The van der Waals surface area contributed by atoms with E-state index in [-0.39, 0.29) is 12.6 Å². The number of benzene rings is 1. The molecule has 1 aromatic carbocycles. The van der Waals surface area contributed by atoms with E-state index in [1.807, 2.05) is 13.8 Å². The van der Waals surface area contributed by atoms with Crippen LogP contribution >= 0.6 is 11.6 Å². The molecule has 6 heteroatoms. The molecule has 0 saturated carbocycles. The van der Waals surface area contributed by atoms with Gasteiger partial charge >= 0.3 is 0 Å². The van der Waals surface area contributed by atoms with Gasteiger partial charge in [-0.25, -0.2) is 4.63 Å². The average molecular weight is 268 g/mol. The second-order valence-electron chi connectivity index (χ2n) is 4.06. The summed E-state index contributed by atoms with van der Waals surface area (Å²) < 4.78 is 10.3. The first-order chi connectivity index (χ1) is 8.58. The van der Waals surface area contributed by atoms with Crippen LogP contribution in [0.15, 0.2) is 22.8 Å². The molecule has 5 nitrogen and oxygen atoms in total. The van der Waals surface area contributed by atoms with Gasteiger partial charge in [-0.2, -0.15) is 0 Å². The van der Waals surface area contributed by atoms with Crippen molar-refractivity contribution in [2.45, 2.75) is 26.5 Å². The molecule has 18 heavy (non-hydrogen) atoms. The van der Waals surface area contributed by atoms with E-state index in [0.717, 1.165) is 5.56 Å². The van der Waals surface area contributed by atoms with Crippen LogP contribution in [0.3, 0.4) is 0 Å². The molecule has 1 aromatic heterocycles. The summed E-state index contributed by atoms with van der Waals surface area (Å²) in [6, 6.07) is 5.20. The molecule has 96 valence electrons. The summed E-state index contributed by atoms with van der Waals surface area (Å²) in [5.74, 6) is 0.691. The zero-order valence-electron chi connectivity index (χ0n) is 10.2. The van der Waals surface area contributed by atoms with Crippen LogP contribution in [0.2, 0.25) is 5.02 Å². The summed E-state index contributed by atoms with van der Waals surface area (Å²) in [6.07, 6.45) is 0. The number of rotatable bonds is 4. The predicted molar refractivity (Wildman–Crippen MR) is 67.4 cm³/mol. The lowest BCUT2D eigenvalue weighted by molar-refractivity contribution is 0.268. The first-order valence-corrected chi connectivity index (χ1v) is 5.91. The lowest BCUT2D eigenvalue weighted by Crippen LogP contribution is -2.08. The van der Waals surface area contributed by atoms with E-state index < -0.39 is 0 Å². The fourth-order valence-electron chi connectivity index (χ4n) is 1.53. The minimum atomic E-state index is -0.157. The fourth-order valence-corrected chi connectivity index (χ4v) is 1.71. The SMILES string of the molecule is Cc1nonc1COc1ccc(Cl)cc1[C@H](C)N. The van der Waals surface area contributed by atoms with Crippen molar-refractivity contribution in [1.82, 2.24) is 10.3 Å². The van der Waals surface area contributed by atoms with Crippen molar-refractivity contribution in [2.75, 3.05) is 0 Å². The molecule has 0 aliphatic carbocycles. The Morgan fingerprint density at radius 2 is 2.22 bits per heavy atom. The van der Waals surface area contributed by atoms with Crippen molar-refractivity contribution >= 4 is 11.6 Å². The monoisotopic (exact) mass is 267 g/mol. The standard InChI is InChI=1S/C12H14ClN3O2/c1-7(14)10-5-9(13)3-4-12(10)17-6-11-8(2)15-18-16-11/h3-5,7H,6,14H2,1-2H3/t7-/m0/s1. The fraction of sp³-hybridized carbons (Fsp3) is 0.333. The Balaban J connectivity index is 2.16. The third kappa shape index (κ3) is 2.80. The zero-order valence-corrected chi connectivity index (χ0v) is 10.9. The van der Waals surface area contributed by atoms with Crippen molar-refractivity contribution in [2.24, 2.45) is 5.73 Å². The molecule has 0 aliphatic heterocycles. The van der Waals surface area contributed by atoms with Crippen LogP contribution in [0, 0.1) is 6.92 Å². The Labute approximate surface area is 110 Å². The molecule has 0 radical (unpaired) electrons. The second-order valence-corrected chi connectivity index (χ2v) is 4.49. The third-order valence-electron chi connectivity index (χ3n) is 2.57. The maximum absolute atomic E-state index is 5.94. The van der Waals surface area contributed by atoms with Crippen LogP contribution in [-0.2, 0) is 6.61 Å². The third-order valence-corrected chi connectivity index (χ3v) is 2.81. The van der Waals surface area contributed by atoms with Gasteiger partial charge in [0.15, 0.2) is 0 Å². The van der Waals surface area contributed by atoms with Crippen LogP contribution in [0.1, 0.15) is 29.9 Å². The van der Waals surface area contributed by atoms with Gasteiger partial charge in [0.25, 0.3) is 0 Å². The average Bonchev–Trinajstić information content (AvgIpc) is 2.73. The van der Waals surface area contributed by atoms with Gasteiger partial charge < -0.3 is 10.5 Å². The number of hydrogen-bond donors (Lipinski definition) is 1. The highest BCUT2D eigenvalue weighted by Gasteiger charge is 2.11. The van der Waals surface area contributed by atoms with Crippen LogP contribution in [0.5, 0.6) is 5.75 Å². The molecule has 2 rings (SSSR count). The normalized spacial score (nSPS) is 12.4. The Kier molecular flexibility index (Phi) is 3.84. The Morgan fingerprint density at radius 3 is 2.83 bits per heavy atom. The predicted octanol–water partition coefficient (Wildman–Crippen LogP) is 2.63. The minimum absolute atomic E-state index is 0.157. The van der Waals surface area contributed by atoms with Crippen LogP contribution < -0.4 is 10.5 Å². The topological polar surface area (TPSA) is 74.2 Å². The van der Waals surface area contributed by atoms with Gasteiger partial charge in [-0.15, -0.1) is 0 Å². The quantitative estimate of drug-likeness (QED) is 0.922. The maximum Gasteiger partial charge on any atom is 0.145 e.